The minimum atomic E-state index is -0.325. The molecular weight excluding hydrogens is 256 g/mol. The highest BCUT2D eigenvalue weighted by Gasteiger charge is 2.27. The Morgan fingerprint density at radius 3 is 3.15 bits per heavy atom. The fourth-order valence-electron chi connectivity index (χ4n) is 1.27. The fraction of sp³-hybridized carbons (Fsp3) is 0.375. The highest BCUT2D eigenvalue weighted by atomic mass is 79.9. The topological polar surface area (TPSA) is 35.5 Å². The monoisotopic (exact) mass is 262 g/mol. The number of methoxy groups -OCH3 is 1. The van der Waals surface area contributed by atoms with Gasteiger partial charge in [-0.05, 0) is 15.9 Å². The van der Waals surface area contributed by atoms with Gasteiger partial charge in [-0.1, -0.05) is 0 Å². The summed E-state index contributed by atoms with van der Waals surface area (Å²) >= 11 is 4.76. The lowest BCUT2D eigenvalue weighted by Gasteiger charge is -1.98. The van der Waals surface area contributed by atoms with Crippen LogP contribution in [0.3, 0.4) is 0 Å². The summed E-state index contributed by atoms with van der Waals surface area (Å²) in [6.45, 7) is 0.654. The molecule has 0 spiro atoms. The van der Waals surface area contributed by atoms with Crippen molar-refractivity contribution in [3.05, 3.63) is 14.2 Å². The minimum Gasteiger partial charge on any atom is -0.491 e. The van der Waals surface area contributed by atoms with Crippen LogP contribution in [0.15, 0.2) is 3.79 Å². The van der Waals surface area contributed by atoms with E-state index in [0.29, 0.717) is 17.2 Å². The van der Waals surface area contributed by atoms with Gasteiger partial charge >= 0.3 is 5.97 Å². The van der Waals surface area contributed by atoms with Gasteiger partial charge in [0.15, 0.2) is 4.88 Å². The number of hydrogen-bond donors (Lipinski definition) is 0. The summed E-state index contributed by atoms with van der Waals surface area (Å²) in [6, 6.07) is 0. The van der Waals surface area contributed by atoms with Gasteiger partial charge in [0.2, 0.25) is 0 Å². The maximum Gasteiger partial charge on any atom is 0.351 e. The number of halogens is 1. The first-order valence-corrected chi connectivity index (χ1v) is 5.37. The molecule has 2 rings (SSSR count). The van der Waals surface area contributed by atoms with Crippen molar-refractivity contribution in [2.75, 3.05) is 13.7 Å². The summed E-state index contributed by atoms with van der Waals surface area (Å²) in [5, 5.41) is 0. The smallest absolute Gasteiger partial charge is 0.351 e. The van der Waals surface area contributed by atoms with Crippen LogP contribution in [0.5, 0.6) is 5.75 Å². The van der Waals surface area contributed by atoms with Gasteiger partial charge in [0.05, 0.1) is 17.5 Å². The normalized spacial score (nSPS) is 13.7. The average molecular weight is 263 g/mol. The van der Waals surface area contributed by atoms with Gasteiger partial charge in [-0.25, -0.2) is 4.79 Å². The molecule has 0 aromatic carbocycles. The standard InChI is InChI=1S/C8H7BrO3S/c1-11-8(10)6-5-4(2-3-12-5)7(9)13-6/h2-3H2,1H3. The Morgan fingerprint density at radius 2 is 2.46 bits per heavy atom. The molecule has 0 aliphatic carbocycles. The number of thiophene rings is 1. The number of carbonyl (C=O) groups is 1. The molecular formula is C8H7BrO3S. The van der Waals surface area contributed by atoms with Crippen LogP contribution in [-0.4, -0.2) is 19.7 Å². The summed E-state index contributed by atoms with van der Waals surface area (Å²) in [6.07, 6.45) is 0.864. The fourth-order valence-corrected chi connectivity index (χ4v) is 3.07. The summed E-state index contributed by atoms with van der Waals surface area (Å²) in [5.74, 6) is 0.373. The lowest BCUT2D eigenvalue weighted by Crippen LogP contribution is -2.00. The van der Waals surface area contributed by atoms with Crippen molar-refractivity contribution < 1.29 is 14.3 Å². The molecule has 0 radical (unpaired) electrons. The van der Waals surface area contributed by atoms with Crippen molar-refractivity contribution in [3.63, 3.8) is 0 Å². The van der Waals surface area contributed by atoms with Gasteiger partial charge in [-0.3, -0.25) is 0 Å². The molecule has 0 fully saturated rings. The van der Waals surface area contributed by atoms with Crippen LogP contribution < -0.4 is 4.74 Å². The van der Waals surface area contributed by atoms with Crippen molar-refractivity contribution in [2.24, 2.45) is 0 Å². The third-order valence-corrected chi connectivity index (χ3v) is 3.82. The van der Waals surface area contributed by atoms with Crippen LogP contribution in [0.1, 0.15) is 15.2 Å². The first-order valence-electron chi connectivity index (χ1n) is 3.76. The SMILES string of the molecule is COC(=O)c1sc(Br)c2c1OCC2. The van der Waals surface area contributed by atoms with E-state index in [1.54, 1.807) is 0 Å². The Kier molecular flexibility index (Phi) is 2.29. The summed E-state index contributed by atoms with van der Waals surface area (Å²) in [7, 11) is 1.37. The largest absolute Gasteiger partial charge is 0.491 e. The molecule has 3 nitrogen and oxygen atoms in total. The molecule has 0 N–H and O–H groups in total. The van der Waals surface area contributed by atoms with Crippen molar-refractivity contribution >= 4 is 33.2 Å². The van der Waals surface area contributed by atoms with E-state index in [4.69, 9.17) is 4.74 Å². The van der Waals surface area contributed by atoms with E-state index >= 15 is 0 Å². The zero-order valence-electron chi connectivity index (χ0n) is 6.93. The van der Waals surface area contributed by atoms with Crippen LogP contribution in [0.25, 0.3) is 0 Å². The number of hydrogen-bond acceptors (Lipinski definition) is 4. The molecule has 1 aromatic rings. The van der Waals surface area contributed by atoms with Crippen molar-refractivity contribution in [1.29, 1.82) is 0 Å². The molecule has 5 heteroatoms. The molecule has 1 aliphatic rings. The van der Waals surface area contributed by atoms with E-state index in [0.717, 1.165) is 15.8 Å². The van der Waals surface area contributed by atoms with Gasteiger partial charge in [0, 0.05) is 12.0 Å². The zero-order valence-corrected chi connectivity index (χ0v) is 9.33. The lowest BCUT2D eigenvalue weighted by atomic mass is 10.2. The molecule has 1 aliphatic heterocycles. The van der Waals surface area contributed by atoms with E-state index in [9.17, 15) is 4.79 Å². The number of esters is 1. The van der Waals surface area contributed by atoms with Crippen LogP contribution in [0, 0.1) is 0 Å². The number of fused-ring (bicyclic) bond motifs is 1. The van der Waals surface area contributed by atoms with Crippen LogP contribution >= 0.6 is 27.3 Å². The Balaban J connectivity index is 2.48. The summed E-state index contributed by atoms with van der Waals surface area (Å²) in [5.41, 5.74) is 1.09. The quantitative estimate of drug-likeness (QED) is 0.729. The average Bonchev–Trinajstić information content (AvgIpc) is 2.68. The van der Waals surface area contributed by atoms with Gasteiger partial charge in [0.1, 0.15) is 5.75 Å². The third-order valence-electron chi connectivity index (χ3n) is 1.88. The molecule has 1 aromatic heterocycles. The predicted molar refractivity (Wildman–Crippen MR) is 52.6 cm³/mol. The van der Waals surface area contributed by atoms with E-state index in [1.807, 2.05) is 0 Å². The van der Waals surface area contributed by atoms with Gasteiger partial charge in [0.25, 0.3) is 0 Å². The second-order valence-corrected chi connectivity index (χ2v) is 4.94. The molecule has 70 valence electrons. The van der Waals surface area contributed by atoms with E-state index < -0.39 is 0 Å². The molecule has 0 unspecified atom stereocenters. The predicted octanol–water partition coefficient (Wildman–Crippen LogP) is 2.23. The highest BCUT2D eigenvalue weighted by molar-refractivity contribution is 9.11. The Morgan fingerprint density at radius 1 is 1.69 bits per heavy atom. The van der Waals surface area contributed by atoms with Gasteiger partial charge in [-0.2, -0.15) is 0 Å². The lowest BCUT2D eigenvalue weighted by molar-refractivity contribution is 0.0603. The van der Waals surface area contributed by atoms with Gasteiger partial charge in [-0.15, -0.1) is 11.3 Å². The first-order chi connectivity index (χ1) is 6.24. The molecule has 0 atom stereocenters. The van der Waals surface area contributed by atoms with E-state index in [-0.39, 0.29) is 5.97 Å². The van der Waals surface area contributed by atoms with E-state index in [2.05, 4.69) is 20.7 Å². The number of ether oxygens (including phenoxy) is 2. The molecule has 0 bridgehead atoms. The molecule has 2 heterocycles. The third kappa shape index (κ3) is 1.36. The number of carbonyl (C=O) groups excluding carboxylic acids is 1. The zero-order chi connectivity index (χ0) is 9.42. The molecule has 0 amide bonds. The van der Waals surface area contributed by atoms with Crippen LogP contribution in [0.2, 0.25) is 0 Å². The van der Waals surface area contributed by atoms with Crippen molar-refractivity contribution in [2.45, 2.75) is 6.42 Å². The number of rotatable bonds is 1. The Hall–Kier alpha value is -0.550. The molecule has 0 saturated carbocycles. The van der Waals surface area contributed by atoms with E-state index in [1.165, 1.54) is 18.4 Å². The Bertz CT molecular complexity index is 359. The minimum absolute atomic E-state index is 0.325. The maximum absolute atomic E-state index is 11.3. The Labute approximate surface area is 87.8 Å². The molecule has 13 heavy (non-hydrogen) atoms. The second-order valence-electron chi connectivity index (χ2n) is 2.60. The maximum atomic E-state index is 11.3. The van der Waals surface area contributed by atoms with Crippen molar-refractivity contribution in [3.8, 4) is 5.75 Å². The van der Waals surface area contributed by atoms with Crippen LogP contribution in [-0.2, 0) is 11.2 Å². The second kappa shape index (κ2) is 3.31. The van der Waals surface area contributed by atoms with Gasteiger partial charge < -0.3 is 9.47 Å². The molecule has 0 saturated heterocycles. The van der Waals surface area contributed by atoms with Crippen LogP contribution in [0.4, 0.5) is 0 Å². The highest BCUT2D eigenvalue weighted by Crippen LogP contribution is 2.42. The summed E-state index contributed by atoms with van der Waals surface area (Å²) < 4.78 is 11.0. The van der Waals surface area contributed by atoms with Crippen molar-refractivity contribution in [1.82, 2.24) is 0 Å². The first kappa shape index (κ1) is 9.02. The summed E-state index contributed by atoms with van der Waals surface area (Å²) in [4.78, 5) is 11.8.